The molecule has 0 aliphatic heterocycles. The zero-order valence-corrected chi connectivity index (χ0v) is 14.3. The molecule has 0 spiro atoms. The maximum Gasteiger partial charge on any atom is 0.233 e. The SMILES string of the molecule is CC(C)Cn1nnnc1SCC(=O)N(C)Cc1ccc(F)cc1. The van der Waals surface area contributed by atoms with Crippen LogP contribution in [0.2, 0.25) is 0 Å². The Morgan fingerprint density at radius 3 is 2.70 bits per heavy atom. The first-order valence-corrected chi connectivity index (χ1v) is 8.31. The normalized spacial score (nSPS) is 11.0. The van der Waals surface area contributed by atoms with Gasteiger partial charge in [0.1, 0.15) is 5.82 Å². The fraction of sp³-hybridized carbons (Fsp3) is 0.467. The Bertz CT molecular complexity index is 644. The maximum absolute atomic E-state index is 12.9. The van der Waals surface area contributed by atoms with Crippen LogP contribution in [0.1, 0.15) is 19.4 Å². The summed E-state index contributed by atoms with van der Waals surface area (Å²) in [4.78, 5) is 13.8. The number of aromatic nitrogens is 4. The van der Waals surface area contributed by atoms with Crippen LogP contribution in [-0.4, -0.2) is 43.8 Å². The molecule has 0 N–H and O–H groups in total. The monoisotopic (exact) mass is 337 g/mol. The molecule has 0 saturated heterocycles. The van der Waals surface area contributed by atoms with Crippen molar-refractivity contribution >= 4 is 17.7 Å². The van der Waals surface area contributed by atoms with Crippen LogP contribution in [0.4, 0.5) is 4.39 Å². The molecule has 0 bridgehead atoms. The van der Waals surface area contributed by atoms with Gasteiger partial charge in [-0.05, 0) is 34.0 Å². The van der Waals surface area contributed by atoms with E-state index in [1.165, 1.54) is 23.9 Å². The molecule has 0 unspecified atom stereocenters. The van der Waals surface area contributed by atoms with E-state index < -0.39 is 0 Å². The van der Waals surface area contributed by atoms with Crippen LogP contribution >= 0.6 is 11.8 Å². The number of benzene rings is 1. The number of hydrogen-bond acceptors (Lipinski definition) is 5. The molecule has 2 aromatic rings. The molecular formula is C15H20FN5OS. The fourth-order valence-electron chi connectivity index (χ4n) is 1.95. The summed E-state index contributed by atoms with van der Waals surface area (Å²) < 4.78 is 14.6. The van der Waals surface area contributed by atoms with Gasteiger partial charge in [0.15, 0.2) is 0 Å². The summed E-state index contributed by atoms with van der Waals surface area (Å²) in [5.74, 6) is 0.374. The number of carbonyl (C=O) groups is 1. The molecule has 1 aromatic heterocycles. The Balaban J connectivity index is 1.86. The highest BCUT2D eigenvalue weighted by Gasteiger charge is 2.14. The van der Waals surface area contributed by atoms with Crippen LogP contribution in [0.15, 0.2) is 29.4 Å². The summed E-state index contributed by atoms with van der Waals surface area (Å²) in [7, 11) is 1.73. The zero-order chi connectivity index (χ0) is 16.8. The van der Waals surface area contributed by atoms with Gasteiger partial charge in [-0.15, -0.1) is 5.10 Å². The molecule has 124 valence electrons. The first kappa shape index (κ1) is 17.4. The Kier molecular flexibility index (Phi) is 6.09. The van der Waals surface area contributed by atoms with Crippen LogP contribution in [0.25, 0.3) is 0 Å². The standard InChI is InChI=1S/C15H20FN5OS/c1-11(2)8-21-15(17-18-19-21)23-10-14(22)20(3)9-12-4-6-13(16)7-5-12/h4-7,11H,8-10H2,1-3H3. The molecule has 6 nitrogen and oxygen atoms in total. The summed E-state index contributed by atoms with van der Waals surface area (Å²) in [5.41, 5.74) is 0.886. The van der Waals surface area contributed by atoms with Crippen molar-refractivity contribution in [2.45, 2.75) is 32.1 Å². The van der Waals surface area contributed by atoms with Crippen molar-refractivity contribution in [1.82, 2.24) is 25.1 Å². The van der Waals surface area contributed by atoms with Gasteiger partial charge >= 0.3 is 0 Å². The molecule has 1 amide bonds. The number of tetrazole rings is 1. The lowest BCUT2D eigenvalue weighted by Crippen LogP contribution is -2.28. The van der Waals surface area contributed by atoms with E-state index in [0.717, 1.165) is 12.1 Å². The average molecular weight is 337 g/mol. The molecule has 1 heterocycles. The smallest absolute Gasteiger partial charge is 0.233 e. The summed E-state index contributed by atoms with van der Waals surface area (Å²) >= 11 is 1.32. The van der Waals surface area contributed by atoms with E-state index in [0.29, 0.717) is 17.6 Å². The third-order valence-corrected chi connectivity index (χ3v) is 4.06. The van der Waals surface area contributed by atoms with Crippen molar-refractivity contribution in [1.29, 1.82) is 0 Å². The molecule has 0 radical (unpaired) electrons. The Morgan fingerprint density at radius 2 is 2.04 bits per heavy atom. The Labute approximate surface area is 139 Å². The Morgan fingerprint density at radius 1 is 1.35 bits per heavy atom. The lowest BCUT2D eigenvalue weighted by Gasteiger charge is -2.17. The maximum atomic E-state index is 12.9. The number of rotatable bonds is 7. The quantitative estimate of drug-likeness (QED) is 0.725. The highest BCUT2D eigenvalue weighted by molar-refractivity contribution is 7.99. The molecule has 23 heavy (non-hydrogen) atoms. The lowest BCUT2D eigenvalue weighted by molar-refractivity contribution is -0.127. The molecule has 2 rings (SSSR count). The van der Waals surface area contributed by atoms with E-state index in [4.69, 9.17) is 0 Å². The van der Waals surface area contributed by atoms with Crippen LogP contribution in [0, 0.1) is 11.7 Å². The second-order valence-electron chi connectivity index (χ2n) is 5.70. The molecular weight excluding hydrogens is 317 g/mol. The van der Waals surface area contributed by atoms with Crippen molar-refractivity contribution in [2.24, 2.45) is 5.92 Å². The van der Waals surface area contributed by atoms with E-state index in [-0.39, 0.29) is 17.5 Å². The summed E-state index contributed by atoms with van der Waals surface area (Å²) in [6.07, 6.45) is 0. The summed E-state index contributed by atoms with van der Waals surface area (Å²) in [5, 5.41) is 12.2. The lowest BCUT2D eigenvalue weighted by atomic mass is 10.2. The van der Waals surface area contributed by atoms with Crippen molar-refractivity contribution in [2.75, 3.05) is 12.8 Å². The molecule has 0 atom stereocenters. The van der Waals surface area contributed by atoms with Crippen molar-refractivity contribution in [3.8, 4) is 0 Å². The highest BCUT2D eigenvalue weighted by Crippen LogP contribution is 2.16. The summed E-state index contributed by atoms with van der Waals surface area (Å²) in [6, 6.07) is 6.13. The van der Waals surface area contributed by atoms with E-state index in [2.05, 4.69) is 29.4 Å². The van der Waals surface area contributed by atoms with Crippen molar-refractivity contribution in [3.63, 3.8) is 0 Å². The third-order valence-electron chi connectivity index (χ3n) is 3.12. The van der Waals surface area contributed by atoms with Gasteiger partial charge in [-0.3, -0.25) is 4.79 Å². The summed E-state index contributed by atoms with van der Waals surface area (Å²) in [6.45, 7) is 5.32. The van der Waals surface area contributed by atoms with Gasteiger partial charge < -0.3 is 4.90 Å². The first-order valence-electron chi connectivity index (χ1n) is 7.33. The first-order chi connectivity index (χ1) is 11.0. The van der Waals surface area contributed by atoms with E-state index in [1.807, 2.05) is 0 Å². The highest BCUT2D eigenvalue weighted by atomic mass is 32.2. The zero-order valence-electron chi connectivity index (χ0n) is 13.4. The Hall–Kier alpha value is -1.96. The van der Waals surface area contributed by atoms with Gasteiger partial charge in [0.2, 0.25) is 11.1 Å². The number of amides is 1. The molecule has 0 fully saturated rings. The van der Waals surface area contributed by atoms with Crippen molar-refractivity contribution < 1.29 is 9.18 Å². The van der Waals surface area contributed by atoms with E-state index >= 15 is 0 Å². The topological polar surface area (TPSA) is 63.9 Å². The van der Waals surface area contributed by atoms with E-state index in [1.54, 1.807) is 28.8 Å². The number of thioether (sulfide) groups is 1. The molecule has 8 heteroatoms. The second-order valence-corrected chi connectivity index (χ2v) is 6.64. The number of halogens is 1. The average Bonchev–Trinajstić information content (AvgIpc) is 2.93. The largest absolute Gasteiger partial charge is 0.341 e. The minimum Gasteiger partial charge on any atom is -0.341 e. The van der Waals surface area contributed by atoms with Crippen LogP contribution in [-0.2, 0) is 17.9 Å². The molecule has 1 aromatic carbocycles. The van der Waals surface area contributed by atoms with Crippen molar-refractivity contribution in [3.05, 3.63) is 35.6 Å². The van der Waals surface area contributed by atoms with Gasteiger partial charge in [-0.25, -0.2) is 9.07 Å². The minimum atomic E-state index is -0.282. The fourth-order valence-corrected chi connectivity index (χ4v) is 2.78. The van der Waals surface area contributed by atoms with Gasteiger partial charge in [0, 0.05) is 20.1 Å². The van der Waals surface area contributed by atoms with Crippen LogP contribution < -0.4 is 0 Å². The van der Waals surface area contributed by atoms with Crippen LogP contribution in [0.5, 0.6) is 0 Å². The molecule has 0 aliphatic rings. The van der Waals surface area contributed by atoms with Gasteiger partial charge in [0.25, 0.3) is 0 Å². The van der Waals surface area contributed by atoms with Gasteiger partial charge in [0.05, 0.1) is 5.75 Å². The third kappa shape index (κ3) is 5.31. The second kappa shape index (κ2) is 8.05. The molecule has 0 saturated carbocycles. The van der Waals surface area contributed by atoms with Gasteiger partial charge in [-0.2, -0.15) is 0 Å². The van der Waals surface area contributed by atoms with E-state index in [9.17, 15) is 9.18 Å². The predicted octanol–water partition coefficient (Wildman–Crippen LogP) is 2.22. The van der Waals surface area contributed by atoms with Gasteiger partial charge in [-0.1, -0.05) is 37.7 Å². The predicted molar refractivity (Wildman–Crippen MR) is 86.3 cm³/mol. The molecule has 0 aliphatic carbocycles. The van der Waals surface area contributed by atoms with Crippen LogP contribution in [0.3, 0.4) is 0 Å². The number of hydrogen-bond donors (Lipinski definition) is 0. The number of nitrogens with zero attached hydrogens (tertiary/aromatic N) is 5. The number of carbonyl (C=O) groups excluding carboxylic acids is 1. The minimum absolute atomic E-state index is 0.0292.